The van der Waals surface area contributed by atoms with Crippen LogP contribution in [0.3, 0.4) is 0 Å². The highest BCUT2D eigenvalue weighted by molar-refractivity contribution is 5.75. The summed E-state index contributed by atoms with van der Waals surface area (Å²) in [4.78, 5) is 3.84. The van der Waals surface area contributed by atoms with E-state index in [2.05, 4.69) is 4.99 Å². The van der Waals surface area contributed by atoms with Gasteiger partial charge in [0.15, 0.2) is 12.2 Å². The van der Waals surface area contributed by atoms with Gasteiger partial charge in [0.1, 0.15) is 0 Å². The molecule has 0 rings (SSSR count). The fourth-order valence-electron chi connectivity index (χ4n) is 1.12. The first kappa shape index (κ1) is 13.2. The van der Waals surface area contributed by atoms with Gasteiger partial charge >= 0.3 is 0 Å². The summed E-state index contributed by atoms with van der Waals surface area (Å²) < 4.78 is 10.0. The third-order valence-electron chi connectivity index (χ3n) is 1.80. The molecule has 0 saturated heterocycles. The first-order chi connectivity index (χ1) is 6.61. The molecule has 84 valence electrons. The molecule has 6 nitrogen and oxygen atoms in total. The number of nitrogens with two attached hydrogens (primary N) is 3. The topological polar surface area (TPSA) is 109 Å². The van der Waals surface area contributed by atoms with E-state index in [-0.39, 0.29) is 18.3 Å². The van der Waals surface area contributed by atoms with Gasteiger partial charge in [0.2, 0.25) is 0 Å². The van der Waals surface area contributed by atoms with Gasteiger partial charge in [0.25, 0.3) is 0 Å². The van der Waals surface area contributed by atoms with Crippen molar-refractivity contribution in [2.24, 2.45) is 22.2 Å². The van der Waals surface area contributed by atoms with Crippen molar-refractivity contribution < 1.29 is 9.47 Å². The zero-order valence-corrected chi connectivity index (χ0v) is 8.77. The normalized spacial score (nSPS) is 12.9. The van der Waals surface area contributed by atoms with E-state index >= 15 is 0 Å². The molecule has 0 unspecified atom stereocenters. The van der Waals surface area contributed by atoms with Crippen LogP contribution in [0.4, 0.5) is 0 Å². The fraction of sp³-hybridized carbons (Fsp3) is 0.875. The second kappa shape index (κ2) is 7.54. The molecule has 0 aromatic carbocycles. The highest BCUT2D eigenvalue weighted by Gasteiger charge is 2.15. The number of ether oxygens (including phenoxy) is 2. The lowest BCUT2D eigenvalue weighted by atomic mass is 10.1. The first-order valence-corrected chi connectivity index (χ1v) is 4.48. The van der Waals surface area contributed by atoms with Crippen LogP contribution in [-0.2, 0) is 9.47 Å². The summed E-state index contributed by atoms with van der Waals surface area (Å²) in [6.45, 7) is 0.580. The maximum Gasteiger partial charge on any atom is 0.185 e. The zero-order valence-electron chi connectivity index (χ0n) is 8.77. The van der Waals surface area contributed by atoms with Gasteiger partial charge in [-0.25, -0.2) is 0 Å². The molecule has 0 heterocycles. The number of hydrogen-bond donors (Lipinski definition) is 3. The molecule has 6 N–H and O–H groups in total. The maximum atomic E-state index is 5.79. The number of guanidine groups is 1. The van der Waals surface area contributed by atoms with E-state index in [0.717, 1.165) is 12.8 Å². The van der Waals surface area contributed by atoms with Gasteiger partial charge in [-0.15, -0.1) is 0 Å². The quantitative estimate of drug-likeness (QED) is 0.213. The summed E-state index contributed by atoms with van der Waals surface area (Å²) in [6, 6.07) is -0.154. The average Bonchev–Trinajstić information content (AvgIpc) is 2.14. The SMILES string of the molecule is COC(OC)[C@@H](N)CCCN=C(N)N. The van der Waals surface area contributed by atoms with E-state index in [9.17, 15) is 0 Å². The number of methoxy groups -OCH3 is 2. The van der Waals surface area contributed by atoms with Crippen LogP contribution in [0.25, 0.3) is 0 Å². The second-order valence-corrected chi connectivity index (χ2v) is 2.95. The van der Waals surface area contributed by atoms with E-state index in [0.29, 0.717) is 6.54 Å². The number of hydrogen-bond acceptors (Lipinski definition) is 4. The molecule has 0 bridgehead atoms. The van der Waals surface area contributed by atoms with Crippen molar-refractivity contribution >= 4 is 5.96 Å². The van der Waals surface area contributed by atoms with E-state index in [1.54, 1.807) is 14.2 Å². The average molecular weight is 204 g/mol. The van der Waals surface area contributed by atoms with E-state index < -0.39 is 0 Å². The summed E-state index contributed by atoms with van der Waals surface area (Å²) >= 11 is 0. The lowest BCUT2D eigenvalue weighted by Gasteiger charge is -2.20. The molecule has 0 amide bonds. The minimum atomic E-state index is -0.366. The standard InChI is InChI=1S/C8H20N4O2/c1-13-7(14-2)6(9)4-3-5-12-8(10)11/h6-7H,3-5,9H2,1-2H3,(H4,10,11,12)/t6-/m0/s1. The van der Waals surface area contributed by atoms with Crippen LogP contribution in [0.1, 0.15) is 12.8 Å². The fourth-order valence-corrected chi connectivity index (χ4v) is 1.12. The third-order valence-corrected chi connectivity index (χ3v) is 1.80. The van der Waals surface area contributed by atoms with Gasteiger partial charge in [-0.1, -0.05) is 0 Å². The van der Waals surface area contributed by atoms with Crippen LogP contribution < -0.4 is 17.2 Å². The van der Waals surface area contributed by atoms with Gasteiger partial charge in [0, 0.05) is 20.8 Å². The Balaban J connectivity index is 3.62. The Morgan fingerprint density at radius 1 is 1.29 bits per heavy atom. The van der Waals surface area contributed by atoms with Crippen LogP contribution in [0.5, 0.6) is 0 Å². The van der Waals surface area contributed by atoms with Crippen molar-refractivity contribution in [3.8, 4) is 0 Å². The Bertz CT molecular complexity index is 167. The second-order valence-electron chi connectivity index (χ2n) is 2.95. The first-order valence-electron chi connectivity index (χ1n) is 4.48. The highest BCUT2D eigenvalue weighted by Crippen LogP contribution is 2.03. The van der Waals surface area contributed by atoms with E-state index in [1.165, 1.54) is 0 Å². The van der Waals surface area contributed by atoms with Crippen LogP contribution in [-0.4, -0.2) is 39.1 Å². The molecule has 0 aliphatic carbocycles. The van der Waals surface area contributed by atoms with Gasteiger partial charge in [-0.3, -0.25) is 4.99 Å². The lowest BCUT2D eigenvalue weighted by Crippen LogP contribution is -2.37. The van der Waals surface area contributed by atoms with Crippen molar-refractivity contribution in [3.63, 3.8) is 0 Å². The van der Waals surface area contributed by atoms with Gasteiger partial charge in [-0.05, 0) is 12.8 Å². The molecule has 0 radical (unpaired) electrons. The van der Waals surface area contributed by atoms with Crippen LogP contribution in [0.2, 0.25) is 0 Å². The summed E-state index contributed by atoms with van der Waals surface area (Å²) in [5, 5.41) is 0. The molecule has 0 aromatic heterocycles. The van der Waals surface area contributed by atoms with E-state index in [4.69, 9.17) is 26.7 Å². The Morgan fingerprint density at radius 2 is 1.86 bits per heavy atom. The largest absolute Gasteiger partial charge is 0.370 e. The summed E-state index contributed by atoms with van der Waals surface area (Å²) in [5.41, 5.74) is 16.1. The molecule has 0 aliphatic rings. The number of rotatable bonds is 7. The molecular formula is C8H20N4O2. The minimum Gasteiger partial charge on any atom is -0.370 e. The summed E-state index contributed by atoms with van der Waals surface area (Å²) in [6.07, 6.45) is 1.19. The van der Waals surface area contributed by atoms with Crippen molar-refractivity contribution in [3.05, 3.63) is 0 Å². The van der Waals surface area contributed by atoms with Crippen molar-refractivity contribution in [2.75, 3.05) is 20.8 Å². The molecule has 0 fully saturated rings. The lowest BCUT2D eigenvalue weighted by molar-refractivity contribution is -0.117. The molecule has 14 heavy (non-hydrogen) atoms. The van der Waals surface area contributed by atoms with Gasteiger partial charge in [0.05, 0.1) is 6.04 Å². The Hall–Kier alpha value is -0.850. The third kappa shape index (κ3) is 5.74. The zero-order chi connectivity index (χ0) is 11.0. The number of nitrogens with zero attached hydrogens (tertiary/aromatic N) is 1. The smallest absolute Gasteiger partial charge is 0.185 e. The molecule has 6 heteroatoms. The van der Waals surface area contributed by atoms with E-state index in [1.807, 2.05) is 0 Å². The van der Waals surface area contributed by atoms with Crippen LogP contribution in [0.15, 0.2) is 4.99 Å². The van der Waals surface area contributed by atoms with Crippen molar-refractivity contribution in [1.29, 1.82) is 0 Å². The molecule has 0 aromatic rings. The Kier molecular flexibility index (Phi) is 7.09. The molecule has 0 spiro atoms. The minimum absolute atomic E-state index is 0.105. The van der Waals surface area contributed by atoms with Crippen molar-refractivity contribution in [1.82, 2.24) is 0 Å². The summed E-state index contributed by atoms with van der Waals surface area (Å²) in [5.74, 6) is 0.105. The number of aliphatic imine (C=N–C) groups is 1. The van der Waals surface area contributed by atoms with Crippen molar-refractivity contribution in [2.45, 2.75) is 25.2 Å². The predicted molar refractivity (Wildman–Crippen MR) is 55.7 cm³/mol. The van der Waals surface area contributed by atoms with Gasteiger partial charge in [-0.2, -0.15) is 0 Å². The monoisotopic (exact) mass is 204 g/mol. The molecule has 0 aliphatic heterocycles. The summed E-state index contributed by atoms with van der Waals surface area (Å²) in [7, 11) is 3.12. The van der Waals surface area contributed by atoms with Crippen LogP contribution >= 0.6 is 0 Å². The molecule has 0 saturated carbocycles. The highest BCUT2D eigenvalue weighted by atomic mass is 16.7. The molecular weight excluding hydrogens is 184 g/mol. The van der Waals surface area contributed by atoms with Gasteiger partial charge < -0.3 is 26.7 Å². The maximum absolute atomic E-state index is 5.79. The van der Waals surface area contributed by atoms with Crippen LogP contribution in [0, 0.1) is 0 Å². The Labute approximate surface area is 84.4 Å². The predicted octanol–water partition coefficient (Wildman–Crippen LogP) is -1.01. The molecule has 1 atom stereocenters. The Morgan fingerprint density at radius 3 is 2.29 bits per heavy atom.